The number of nitrogens with two attached hydrogens (primary N) is 1. The van der Waals surface area contributed by atoms with Crippen LogP contribution in [0.4, 0.5) is 28.4 Å². The fraction of sp³-hybridized carbons (Fsp3) is 0.217. The summed E-state index contributed by atoms with van der Waals surface area (Å²) < 4.78 is 0. The average molecular weight is 345 g/mol. The SMILES string of the molecule is CCCCN(c1ccccc1)c1ccccc1N(C)c1ccccc1N. The summed E-state index contributed by atoms with van der Waals surface area (Å²) in [6.45, 7) is 3.21. The summed E-state index contributed by atoms with van der Waals surface area (Å²) in [7, 11) is 2.08. The van der Waals surface area contributed by atoms with Crippen molar-refractivity contribution in [2.45, 2.75) is 19.8 Å². The zero-order valence-electron chi connectivity index (χ0n) is 15.6. The fourth-order valence-electron chi connectivity index (χ4n) is 3.21. The molecule has 26 heavy (non-hydrogen) atoms. The molecule has 0 spiro atoms. The lowest BCUT2D eigenvalue weighted by Gasteiger charge is -2.31. The molecule has 0 aromatic heterocycles. The number of para-hydroxylation sites is 5. The normalized spacial score (nSPS) is 10.5. The van der Waals surface area contributed by atoms with Crippen LogP contribution in [0.5, 0.6) is 0 Å². The number of benzene rings is 3. The topological polar surface area (TPSA) is 32.5 Å². The van der Waals surface area contributed by atoms with Gasteiger partial charge in [0.05, 0.1) is 22.7 Å². The Balaban J connectivity index is 2.05. The maximum atomic E-state index is 6.22. The third-order valence-corrected chi connectivity index (χ3v) is 4.64. The van der Waals surface area contributed by atoms with Crippen LogP contribution in [-0.2, 0) is 0 Å². The van der Waals surface area contributed by atoms with Crippen molar-refractivity contribution >= 4 is 28.4 Å². The van der Waals surface area contributed by atoms with Gasteiger partial charge in [0.15, 0.2) is 0 Å². The standard InChI is InChI=1S/C23H27N3/c1-3-4-18-26(19-12-6-5-7-13-19)23-17-11-10-16-22(23)25(2)21-15-9-8-14-20(21)24/h5-17H,3-4,18,24H2,1-2H3. The minimum absolute atomic E-state index is 0.782. The van der Waals surface area contributed by atoms with Gasteiger partial charge in [-0.15, -0.1) is 0 Å². The van der Waals surface area contributed by atoms with Gasteiger partial charge in [0.2, 0.25) is 0 Å². The van der Waals surface area contributed by atoms with E-state index in [0.717, 1.165) is 36.4 Å². The van der Waals surface area contributed by atoms with Crippen molar-refractivity contribution in [2.75, 3.05) is 29.1 Å². The summed E-state index contributed by atoms with van der Waals surface area (Å²) in [5.74, 6) is 0. The van der Waals surface area contributed by atoms with E-state index in [1.165, 1.54) is 11.4 Å². The molecule has 0 radical (unpaired) electrons. The molecule has 0 aliphatic rings. The van der Waals surface area contributed by atoms with Gasteiger partial charge in [0, 0.05) is 19.3 Å². The lowest BCUT2D eigenvalue weighted by Crippen LogP contribution is -2.22. The van der Waals surface area contributed by atoms with E-state index in [9.17, 15) is 0 Å². The van der Waals surface area contributed by atoms with Gasteiger partial charge >= 0.3 is 0 Å². The Morgan fingerprint density at radius 3 is 1.96 bits per heavy atom. The Kier molecular flexibility index (Phi) is 5.80. The molecule has 0 amide bonds. The van der Waals surface area contributed by atoms with Gasteiger partial charge in [-0.25, -0.2) is 0 Å². The van der Waals surface area contributed by atoms with E-state index in [0.29, 0.717) is 0 Å². The zero-order valence-corrected chi connectivity index (χ0v) is 15.6. The first-order valence-electron chi connectivity index (χ1n) is 9.22. The predicted octanol–water partition coefficient (Wildman–Crippen LogP) is 5.97. The number of unbranched alkanes of at least 4 members (excludes halogenated alkanes) is 1. The van der Waals surface area contributed by atoms with Crippen LogP contribution in [0.3, 0.4) is 0 Å². The Morgan fingerprint density at radius 2 is 1.31 bits per heavy atom. The highest BCUT2D eigenvalue weighted by molar-refractivity contribution is 5.84. The quantitative estimate of drug-likeness (QED) is 0.535. The molecule has 0 saturated heterocycles. The van der Waals surface area contributed by atoms with Gasteiger partial charge in [-0.05, 0) is 42.8 Å². The molecule has 0 saturated carbocycles. The van der Waals surface area contributed by atoms with E-state index in [2.05, 4.69) is 84.4 Å². The number of nitrogen functional groups attached to an aromatic ring is 1. The first kappa shape index (κ1) is 17.9. The van der Waals surface area contributed by atoms with Crippen molar-refractivity contribution < 1.29 is 0 Å². The van der Waals surface area contributed by atoms with E-state index in [1.54, 1.807) is 0 Å². The van der Waals surface area contributed by atoms with Crippen LogP contribution in [-0.4, -0.2) is 13.6 Å². The van der Waals surface area contributed by atoms with Crippen LogP contribution in [0.25, 0.3) is 0 Å². The van der Waals surface area contributed by atoms with E-state index in [-0.39, 0.29) is 0 Å². The molecular formula is C23H27N3. The van der Waals surface area contributed by atoms with Gasteiger partial charge in [-0.1, -0.05) is 55.8 Å². The third kappa shape index (κ3) is 3.83. The number of anilines is 5. The van der Waals surface area contributed by atoms with Crippen LogP contribution in [0.2, 0.25) is 0 Å². The molecule has 3 heteroatoms. The summed E-state index contributed by atoms with van der Waals surface area (Å²) in [5.41, 5.74) is 11.6. The van der Waals surface area contributed by atoms with Crippen LogP contribution in [0.15, 0.2) is 78.9 Å². The van der Waals surface area contributed by atoms with Gasteiger partial charge in [-0.3, -0.25) is 0 Å². The molecule has 3 nitrogen and oxygen atoms in total. The van der Waals surface area contributed by atoms with Crippen molar-refractivity contribution in [1.29, 1.82) is 0 Å². The predicted molar refractivity (Wildman–Crippen MR) is 114 cm³/mol. The molecule has 2 N–H and O–H groups in total. The minimum atomic E-state index is 0.782. The Bertz CT molecular complexity index is 830. The maximum absolute atomic E-state index is 6.22. The van der Waals surface area contributed by atoms with Crippen molar-refractivity contribution in [1.82, 2.24) is 0 Å². The van der Waals surface area contributed by atoms with E-state index >= 15 is 0 Å². The molecule has 0 aliphatic heterocycles. The molecule has 3 aromatic rings. The Hall–Kier alpha value is -2.94. The van der Waals surface area contributed by atoms with Gasteiger partial charge in [0.1, 0.15) is 0 Å². The van der Waals surface area contributed by atoms with Gasteiger partial charge in [0.25, 0.3) is 0 Å². The minimum Gasteiger partial charge on any atom is -0.397 e. The summed E-state index contributed by atoms with van der Waals surface area (Å²) >= 11 is 0. The highest BCUT2D eigenvalue weighted by Gasteiger charge is 2.17. The lowest BCUT2D eigenvalue weighted by molar-refractivity contribution is 0.785. The second-order valence-corrected chi connectivity index (χ2v) is 6.45. The molecule has 134 valence electrons. The van der Waals surface area contributed by atoms with Crippen LogP contribution < -0.4 is 15.5 Å². The highest BCUT2D eigenvalue weighted by atomic mass is 15.2. The van der Waals surface area contributed by atoms with Crippen LogP contribution in [0.1, 0.15) is 19.8 Å². The smallest absolute Gasteiger partial charge is 0.0652 e. The number of hydrogen-bond donors (Lipinski definition) is 1. The van der Waals surface area contributed by atoms with Crippen molar-refractivity contribution in [3.63, 3.8) is 0 Å². The molecule has 0 unspecified atom stereocenters. The van der Waals surface area contributed by atoms with E-state index < -0.39 is 0 Å². The lowest BCUT2D eigenvalue weighted by atomic mass is 10.1. The Morgan fingerprint density at radius 1 is 0.731 bits per heavy atom. The first-order chi connectivity index (χ1) is 12.7. The number of hydrogen-bond acceptors (Lipinski definition) is 3. The van der Waals surface area contributed by atoms with Crippen molar-refractivity contribution in [3.05, 3.63) is 78.9 Å². The van der Waals surface area contributed by atoms with Gasteiger partial charge < -0.3 is 15.5 Å². The molecule has 3 aromatic carbocycles. The summed E-state index contributed by atoms with van der Waals surface area (Å²) in [4.78, 5) is 4.57. The second kappa shape index (κ2) is 8.43. The summed E-state index contributed by atoms with van der Waals surface area (Å²) in [6.07, 6.45) is 2.30. The molecular weight excluding hydrogens is 318 g/mol. The zero-order chi connectivity index (χ0) is 18.4. The Labute approximate surface area is 156 Å². The summed E-state index contributed by atoms with van der Waals surface area (Å²) in [6, 6.07) is 27.1. The fourth-order valence-corrected chi connectivity index (χ4v) is 3.21. The van der Waals surface area contributed by atoms with Crippen molar-refractivity contribution in [3.8, 4) is 0 Å². The molecule has 0 aliphatic carbocycles. The van der Waals surface area contributed by atoms with Gasteiger partial charge in [-0.2, -0.15) is 0 Å². The van der Waals surface area contributed by atoms with Crippen molar-refractivity contribution in [2.24, 2.45) is 0 Å². The summed E-state index contributed by atoms with van der Waals surface area (Å²) in [5, 5.41) is 0. The third-order valence-electron chi connectivity index (χ3n) is 4.64. The number of nitrogens with zero attached hydrogens (tertiary/aromatic N) is 2. The van der Waals surface area contributed by atoms with Crippen LogP contribution >= 0.6 is 0 Å². The molecule has 0 atom stereocenters. The monoisotopic (exact) mass is 345 g/mol. The molecule has 3 rings (SSSR count). The van der Waals surface area contributed by atoms with E-state index in [4.69, 9.17) is 5.73 Å². The highest BCUT2D eigenvalue weighted by Crippen LogP contribution is 2.38. The molecule has 0 fully saturated rings. The van der Waals surface area contributed by atoms with Crippen LogP contribution in [0, 0.1) is 0 Å². The maximum Gasteiger partial charge on any atom is 0.0652 e. The molecule has 0 bridgehead atoms. The first-order valence-corrected chi connectivity index (χ1v) is 9.22. The largest absolute Gasteiger partial charge is 0.397 e. The number of rotatable bonds is 7. The second-order valence-electron chi connectivity index (χ2n) is 6.45. The average Bonchev–Trinajstić information content (AvgIpc) is 2.69. The molecule has 0 heterocycles. The van der Waals surface area contributed by atoms with E-state index in [1.807, 2.05) is 18.2 Å².